The molecule has 1 N–H and O–H groups in total. The number of hydrogen-bond acceptors (Lipinski definition) is 3. The zero-order valence-electron chi connectivity index (χ0n) is 9.31. The van der Waals surface area contributed by atoms with Crippen LogP contribution in [-0.4, -0.2) is 4.98 Å². The lowest BCUT2D eigenvalue weighted by molar-refractivity contribution is 0.910. The minimum absolute atomic E-state index is 0. The molecule has 2 heterocycles. The molecule has 76 valence electrons. The van der Waals surface area contributed by atoms with Crippen LogP contribution in [0.3, 0.4) is 0 Å². The molecule has 3 heteroatoms. The fourth-order valence-electron chi connectivity index (χ4n) is 1.39. The van der Waals surface area contributed by atoms with Gasteiger partial charge >= 0.3 is 1.43 Å². The van der Waals surface area contributed by atoms with Crippen molar-refractivity contribution in [1.82, 2.24) is 4.98 Å². The quantitative estimate of drug-likeness (QED) is 0.842. The minimum Gasteiger partial charge on any atom is -0.283 e. The van der Waals surface area contributed by atoms with Gasteiger partial charge in [-0.1, -0.05) is 18.2 Å². The van der Waals surface area contributed by atoms with Gasteiger partial charge in [-0.3, -0.25) is 5.41 Å². The molecule has 2 rings (SSSR count). The van der Waals surface area contributed by atoms with Gasteiger partial charge in [0.1, 0.15) is 5.49 Å². The lowest BCUT2D eigenvalue weighted by atomic mass is 10.2. The van der Waals surface area contributed by atoms with E-state index in [2.05, 4.69) is 22.5 Å². The molecule has 2 nitrogen and oxygen atoms in total. The molecule has 0 bridgehead atoms. The Morgan fingerprint density at radius 2 is 2.00 bits per heavy atom. The summed E-state index contributed by atoms with van der Waals surface area (Å²) in [5.41, 5.74) is 1.32. The number of nitrogens with zero attached hydrogens (tertiary/aromatic N) is 1. The topological polar surface area (TPSA) is 36.7 Å². The largest absolute Gasteiger partial charge is 1.00 e. The van der Waals surface area contributed by atoms with Gasteiger partial charge in [0.2, 0.25) is 0 Å². The number of aromatic nitrogens is 1. The van der Waals surface area contributed by atoms with Crippen molar-refractivity contribution in [1.29, 1.82) is 5.41 Å². The van der Waals surface area contributed by atoms with Crippen LogP contribution in [0.2, 0.25) is 0 Å². The van der Waals surface area contributed by atoms with Crippen LogP contribution in [0.1, 0.15) is 12.0 Å². The van der Waals surface area contributed by atoms with Crippen molar-refractivity contribution in [2.75, 3.05) is 0 Å². The van der Waals surface area contributed by atoms with Crippen LogP contribution >= 0.6 is 11.3 Å². The summed E-state index contributed by atoms with van der Waals surface area (Å²) >= 11 is 1.77. The molecule has 2 aromatic heterocycles. The molecule has 0 aliphatic rings. The Morgan fingerprint density at radius 1 is 1.13 bits per heavy atom. The predicted molar refractivity (Wildman–Crippen MR) is 62.9 cm³/mol. The van der Waals surface area contributed by atoms with Crippen LogP contribution < -0.4 is 5.49 Å². The molecular formula is C12H13N2S+. The van der Waals surface area contributed by atoms with Gasteiger partial charge in [-0.05, 0) is 36.4 Å². The fraction of sp³-hybridized carbons (Fsp3) is 0.167. The number of rotatable bonds is 3. The first kappa shape index (κ1) is 10.1. The predicted octanol–water partition coefficient (Wildman–Crippen LogP) is 2.52. The van der Waals surface area contributed by atoms with Crippen molar-refractivity contribution in [3.8, 4) is 0 Å². The standard InChI is InChI=1S/C12H12N2S/c13-12-6-2-1-4-10(14-12)7-8-11-5-3-9-15-11/h1-6,9,13H,7-8H2/p+1. The molecule has 0 atom stereocenters. The second kappa shape index (κ2) is 4.84. The van der Waals surface area contributed by atoms with E-state index in [-0.39, 0.29) is 1.43 Å². The van der Waals surface area contributed by atoms with E-state index in [1.165, 1.54) is 4.88 Å². The van der Waals surface area contributed by atoms with Crippen molar-refractivity contribution < 1.29 is 1.43 Å². The molecule has 0 spiro atoms. The SMILES string of the molecule is N=c1ccccc(CCc2cccs2)n1.[H+]. The van der Waals surface area contributed by atoms with Crippen LogP contribution in [-0.2, 0) is 12.8 Å². The summed E-state index contributed by atoms with van der Waals surface area (Å²) in [4.78, 5) is 5.58. The normalized spacial score (nSPS) is 10.1. The van der Waals surface area contributed by atoms with Crippen LogP contribution in [0.15, 0.2) is 41.8 Å². The highest BCUT2D eigenvalue weighted by Gasteiger charge is 1.96. The average Bonchev–Trinajstić information content (AvgIpc) is 2.65. The zero-order chi connectivity index (χ0) is 10.5. The molecule has 0 saturated heterocycles. The summed E-state index contributed by atoms with van der Waals surface area (Å²) in [6.07, 6.45) is 1.91. The molecule has 0 aliphatic heterocycles. The first-order valence-corrected chi connectivity index (χ1v) is 5.76. The number of aryl methyl sites for hydroxylation is 2. The highest BCUT2D eigenvalue weighted by atomic mass is 32.1. The third-order valence-corrected chi connectivity index (χ3v) is 3.06. The van der Waals surface area contributed by atoms with Gasteiger partial charge < -0.3 is 0 Å². The Labute approximate surface area is 94.3 Å². The van der Waals surface area contributed by atoms with Crippen LogP contribution in [0.25, 0.3) is 0 Å². The summed E-state index contributed by atoms with van der Waals surface area (Å²) in [7, 11) is 0. The molecule has 0 fully saturated rings. The van der Waals surface area contributed by atoms with E-state index in [1.54, 1.807) is 17.4 Å². The smallest absolute Gasteiger partial charge is 0.283 e. The molecule has 0 unspecified atom stereocenters. The van der Waals surface area contributed by atoms with Gasteiger partial charge in [0, 0.05) is 10.6 Å². The minimum atomic E-state index is 0. The fourth-order valence-corrected chi connectivity index (χ4v) is 2.10. The molecule has 0 aromatic carbocycles. The Morgan fingerprint density at radius 3 is 2.80 bits per heavy atom. The first-order valence-electron chi connectivity index (χ1n) is 4.88. The summed E-state index contributed by atoms with van der Waals surface area (Å²) in [6.45, 7) is 0. The van der Waals surface area contributed by atoms with Gasteiger partial charge in [-0.2, -0.15) is 0 Å². The maximum absolute atomic E-state index is 7.50. The lowest BCUT2D eigenvalue weighted by Gasteiger charge is -1.94. The van der Waals surface area contributed by atoms with Crippen LogP contribution in [0.5, 0.6) is 0 Å². The molecule has 0 saturated carbocycles. The molecule has 0 radical (unpaired) electrons. The third kappa shape index (κ3) is 2.99. The van der Waals surface area contributed by atoms with Crippen molar-refractivity contribution in [3.05, 3.63) is 57.8 Å². The molecule has 0 amide bonds. The van der Waals surface area contributed by atoms with E-state index in [0.29, 0.717) is 5.49 Å². The van der Waals surface area contributed by atoms with E-state index < -0.39 is 0 Å². The molecular weight excluding hydrogens is 204 g/mol. The zero-order valence-corrected chi connectivity index (χ0v) is 9.13. The molecule has 0 aliphatic carbocycles. The Bertz CT molecular complexity index is 482. The van der Waals surface area contributed by atoms with Gasteiger partial charge in [-0.15, -0.1) is 11.3 Å². The van der Waals surface area contributed by atoms with E-state index in [1.807, 2.05) is 18.2 Å². The van der Waals surface area contributed by atoms with E-state index in [9.17, 15) is 0 Å². The van der Waals surface area contributed by atoms with E-state index in [0.717, 1.165) is 18.5 Å². The highest BCUT2D eigenvalue weighted by Crippen LogP contribution is 2.10. The van der Waals surface area contributed by atoms with Crippen LogP contribution in [0, 0.1) is 5.41 Å². The van der Waals surface area contributed by atoms with Crippen molar-refractivity contribution in [2.45, 2.75) is 12.8 Å². The van der Waals surface area contributed by atoms with E-state index in [4.69, 9.17) is 5.41 Å². The van der Waals surface area contributed by atoms with Crippen molar-refractivity contribution in [3.63, 3.8) is 0 Å². The maximum atomic E-state index is 7.50. The Balaban J connectivity index is 0.00000128. The van der Waals surface area contributed by atoms with Gasteiger partial charge in [-0.25, -0.2) is 4.98 Å². The van der Waals surface area contributed by atoms with E-state index >= 15 is 0 Å². The molecule has 2 aromatic rings. The number of nitrogens with one attached hydrogen (secondary N) is 1. The Kier molecular flexibility index (Phi) is 3.25. The van der Waals surface area contributed by atoms with Crippen LogP contribution in [0.4, 0.5) is 0 Å². The second-order valence-electron chi connectivity index (χ2n) is 3.29. The number of thiophene rings is 1. The summed E-state index contributed by atoms with van der Waals surface area (Å²) in [5.74, 6) is 0. The second-order valence-corrected chi connectivity index (χ2v) is 4.32. The van der Waals surface area contributed by atoms with Gasteiger partial charge in [0.15, 0.2) is 0 Å². The third-order valence-electron chi connectivity index (χ3n) is 2.13. The summed E-state index contributed by atoms with van der Waals surface area (Å²) in [6, 6.07) is 11.7. The van der Waals surface area contributed by atoms with Gasteiger partial charge in [0.25, 0.3) is 0 Å². The summed E-state index contributed by atoms with van der Waals surface area (Å²) < 4.78 is 0. The number of hydrogen-bond donors (Lipinski definition) is 1. The van der Waals surface area contributed by atoms with Crippen molar-refractivity contribution in [2.24, 2.45) is 0 Å². The monoisotopic (exact) mass is 217 g/mol. The Hall–Kier alpha value is -1.48. The summed E-state index contributed by atoms with van der Waals surface area (Å²) in [5, 5.41) is 9.59. The molecule has 15 heavy (non-hydrogen) atoms. The maximum Gasteiger partial charge on any atom is 1.00 e. The average molecular weight is 217 g/mol. The highest BCUT2D eigenvalue weighted by molar-refractivity contribution is 7.09. The first-order chi connectivity index (χ1) is 7.34. The van der Waals surface area contributed by atoms with Crippen molar-refractivity contribution >= 4 is 11.3 Å². The lowest BCUT2D eigenvalue weighted by Crippen LogP contribution is -2.03. The van der Waals surface area contributed by atoms with Gasteiger partial charge in [0.05, 0.1) is 0 Å².